The highest BCUT2D eigenvalue weighted by molar-refractivity contribution is 6.04. The first kappa shape index (κ1) is 14.8. The molecule has 0 spiro atoms. The van der Waals surface area contributed by atoms with Crippen LogP contribution in [-0.4, -0.2) is 31.2 Å². The van der Waals surface area contributed by atoms with Crippen LogP contribution in [0.15, 0.2) is 29.8 Å². The Morgan fingerprint density at radius 2 is 2.24 bits per heavy atom. The van der Waals surface area contributed by atoms with E-state index in [0.717, 1.165) is 22.2 Å². The van der Waals surface area contributed by atoms with Crippen LogP contribution in [0.5, 0.6) is 0 Å². The van der Waals surface area contributed by atoms with Crippen LogP contribution in [0.25, 0.3) is 17.0 Å². The number of rotatable bonds is 5. The number of hydrogen-bond acceptors (Lipinski definition) is 3. The number of H-pyrrole nitrogens is 1. The van der Waals surface area contributed by atoms with Crippen molar-refractivity contribution in [2.24, 2.45) is 0 Å². The van der Waals surface area contributed by atoms with Crippen LogP contribution >= 0.6 is 0 Å². The van der Waals surface area contributed by atoms with E-state index < -0.39 is 0 Å². The number of ether oxygens (including phenoxy) is 1. The van der Waals surface area contributed by atoms with Crippen molar-refractivity contribution in [2.75, 3.05) is 20.3 Å². The number of nitrogens with zero attached hydrogens (tertiary/aromatic N) is 1. The summed E-state index contributed by atoms with van der Waals surface area (Å²) < 4.78 is 4.87. The molecule has 5 heteroatoms. The average molecular weight is 283 g/mol. The van der Waals surface area contributed by atoms with Gasteiger partial charge in [-0.1, -0.05) is 18.2 Å². The first-order chi connectivity index (χ1) is 10.2. The quantitative estimate of drug-likeness (QED) is 0.501. The highest BCUT2D eigenvalue weighted by atomic mass is 16.5. The summed E-state index contributed by atoms with van der Waals surface area (Å²) in [4.78, 5) is 15.2. The highest BCUT2D eigenvalue weighted by Gasteiger charge is 2.12. The van der Waals surface area contributed by atoms with Gasteiger partial charge in [-0.05, 0) is 19.1 Å². The Balaban J connectivity index is 2.32. The summed E-state index contributed by atoms with van der Waals surface area (Å²) in [5.41, 5.74) is 2.86. The van der Waals surface area contributed by atoms with Gasteiger partial charge in [0, 0.05) is 35.8 Å². The fraction of sp³-hybridized carbons (Fsp3) is 0.250. The number of aromatic amines is 1. The largest absolute Gasteiger partial charge is 0.383 e. The molecule has 1 amide bonds. The van der Waals surface area contributed by atoms with E-state index in [2.05, 4.69) is 10.3 Å². The minimum atomic E-state index is -0.390. The second kappa shape index (κ2) is 6.73. The maximum absolute atomic E-state index is 12.0. The summed E-state index contributed by atoms with van der Waals surface area (Å²) in [6.45, 7) is 2.71. The third kappa shape index (κ3) is 3.30. The molecule has 0 aliphatic carbocycles. The Kier molecular flexibility index (Phi) is 4.75. The van der Waals surface area contributed by atoms with Crippen LogP contribution < -0.4 is 5.32 Å². The molecule has 0 saturated carbocycles. The fourth-order valence-electron chi connectivity index (χ4n) is 2.14. The van der Waals surface area contributed by atoms with Gasteiger partial charge in [-0.25, -0.2) is 0 Å². The summed E-state index contributed by atoms with van der Waals surface area (Å²) in [5.74, 6) is -0.390. The minimum absolute atomic E-state index is 0.0824. The smallest absolute Gasteiger partial charge is 0.262 e. The number of nitriles is 1. The number of aryl methyl sites for hydroxylation is 1. The number of hydrogen-bond donors (Lipinski definition) is 2. The van der Waals surface area contributed by atoms with Crippen LogP contribution in [0.2, 0.25) is 0 Å². The SMILES string of the molecule is COCCNC(=O)/C(C#N)=C\c1c(C)[nH]c2ccccc12. The number of methoxy groups -OCH3 is 1. The summed E-state index contributed by atoms with van der Waals surface area (Å²) in [6, 6.07) is 9.74. The molecule has 0 saturated heterocycles. The maximum atomic E-state index is 12.0. The molecule has 1 aromatic heterocycles. The number of nitrogens with one attached hydrogen (secondary N) is 2. The number of amides is 1. The van der Waals surface area contributed by atoms with Gasteiger partial charge in [0.2, 0.25) is 0 Å². The molecule has 108 valence electrons. The number of benzene rings is 1. The molecule has 2 N–H and O–H groups in total. The molecule has 2 aromatic rings. The van der Waals surface area contributed by atoms with Gasteiger partial charge >= 0.3 is 0 Å². The predicted molar refractivity (Wildman–Crippen MR) is 81.5 cm³/mol. The molecule has 21 heavy (non-hydrogen) atoms. The lowest BCUT2D eigenvalue weighted by Gasteiger charge is -2.03. The van der Waals surface area contributed by atoms with Crippen molar-refractivity contribution in [1.29, 1.82) is 5.26 Å². The molecule has 0 aliphatic heterocycles. The Bertz CT molecular complexity index is 723. The zero-order valence-corrected chi connectivity index (χ0v) is 12.1. The number of carbonyl (C=O) groups is 1. The lowest BCUT2D eigenvalue weighted by atomic mass is 10.1. The van der Waals surface area contributed by atoms with E-state index in [4.69, 9.17) is 4.74 Å². The summed E-state index contributed by atoms with van der Waals surface area (Å²) >= 11 is 0. The normalized spacial score (nSPS) is 11.4. The molecular weight excluding hydrogens is 266 g/mol. The lowest BCUT2D eigenvalue weighted by molar-refractivity contribution is -0.117. The number of carbonyl (C=O) groups excluding carboxylic acids is 1. The van der Waals surface area contributed by atoms with Gasteiger partial charge in [0.15, 0.2) is 0 Å². The van der Waals surface area contributed by atoms with Crippen molar-refractivity contribution in [3.05, 3.63) is 41.1 Å². The number of aromatic nitrogens is 1. The van der Waals surface area contributed by atoms with Crippen LogP contribution in [0.3, 0.4) is 0 Å². The summed E-state index contributed by atoms with van der Waals surface area (Å²) in [6.07, 6.45) is 1.62. The topological polar surface area (TPSA) is 77.9 Å². The van der Waals surface area contributed by atoms with Crippen molar-refractivity contribution in [3.63, 3.8) is 0 Å². The van der Waals surface area contributed by atoms with Gasteiger partial charge < -0.3 is 15.0 Å². The number of fused-ring (bicyclic) bond motifs is 1. The molecule has 5 nitrogen and oxygen atoms in total. The molecule has 1 aromatic carbocycles. The van der Waals surface area contributed by atoms with E-state index in [1.807, 2.05) is 37.3 Å². The third-order valence-corrected chi connectivity index (χ3v) is 3.19. The monoisotopic (exact) mass is 283 g/mol. The molecule has 0 radical (unpaired) electrons. The first-order valence-electron chi connectivity index (χ1n) is 6.63. The van der Waals surface area contributed by atoms with Gasteiger partial charge in [-0.2, -0.15) is 5.26 Å². The second-order valence-electron chi connectivity index (χ2n) is 4.63. The standard InChI is InChI=1S/C16H17N3O2/c1-11-14(13-5-3-4-6-15(13)19-11)9-12(10-17)16(20)18-7-8-21-2/h3-6,9,19H,7-8H2,1-2H3,(H,18,20)/b12-9-. The molecule has 0 bridgehead atoms. The minimum Gasteiger partial charge on any atom is -0.383 e. The zero-order chi connectivity index (χ0) is 15.2. The van der Waals surface area contributed by atoms with Gasteiger partial charge in [0.25, 0.3) is 5.91 Å². The van der Waals surface area contributed by atoms with Crippen LogP contribution in [0.1, 0.15) is 11.3 Å². The van der Waals surface area contributed by atoms with Crippen LogP contribution in [0.4, 0.5) is 0 Å². The van der Waals surface area contributed by atoms with Crippen molar-refractivity contribution in [1.82, 2.24) is 10.3 Å². The molecule has 0 fully saturated rings. The lowest BCUT2D eigenvalue weighted by Crippen LogP contribution is -2.27. The molecular formula is C16H17N3O2. The second-order valence-corrected chi connectivity index (χ2v) is 4.63. The highest BCUT2D eigenvalue weighted by Crippen LogP contribution is 2.24. The number of para-hydroxylation sites is 1. The van der Waals surface area contributed by atoms with E-state index in [0.29, 0.717) is 13.2 Å². The Morgan fingerprint density at radius 1 is 1.48 bits per heavy atom. The summed E-state index contributed by atoms with van der Waals surface area (Å²) in [5, 5.41) is 12.8. The van der Waals surface area contributed by atoms with Gasteiger partial charge in [0.05, 0.1) is 6.61 Å². The average Bonchev–Trinajstić information content (AvgIpc) is 2.80. The van der Waals surface area contributed by atoms with E-state index in [-0.39, 0.29) is 11.5 Å². The van der Waals surface area contributed by atoms with E-state index >= 15 is 0 Å². The van der Waals surface area contributed by atoms with Gasteiger partial charge in [-0.3, -0.25) is 4.79 Å². The van der Waals surface area contributed by atoms with Crippen molar-refractivity contribution < 1.29 is 9.53 Å². The van der Waals surface area contributed by atoms with E-state index in [1.165, 1.54) is 0 Å². The Hall–Kier alpha value is -2.58. The van der Waals surface area contributed by atoms with Crippen LogP contribution in [0, 0.1) is 18.3 Å². The van der Waals surface area contributed by atoms with Crippen molar-refractivity contribution >= 4 is 22.9 Å². The Morgan fingerprint density at radius 3 is 2.95 bits per heavy atom. The molecule has 0 aliphatic rings. The van der Waals surface area contributed by atoms with Crippen molar-refractivity contribution in [3.8, 4) is 6.07 Å². The van der Waals surface area contributed by atoms with Crippen molar-refractivity contribution in [2.45, 2.75) is 6.92 Å². The van der Waals surface area contributed by atoms with Gasteiger partial charge in [-0.15, -0.1) is 0 Å². The van der Waals surface area contributed by atoms with E-state index in [9.17, 15) is 10.1 Å². The summed E-state index contributed by atoms with van der Waals surface area (Å²) in [7, 11) is 1.56. The predicted octanol–water partition coefficient (Wildman–Crippen LogP) is 2.15. The molecule has 1 heterocycles. The molecule has 0 atom stereocenters. The van der Waals surface area contributed by atoms with E-state index in [1.54, 1.807) is 13.2 Å². The Labute approximate surface area is 123 Å². The van der Waals surface area contributed by atoms with Gasteiger partial charge in [0.1, 0.15) is 11.6 Å². The maximum Gasteiger partial charge on any atom is 0.262 e. The fourth-order valence-corrected chi connectivity index (χ4v) is 2.14. The zero-order valence-electron chi connectivity index (χ0n) is 12.1. The molecule has 2 rings (SSSR count). The third-order valence-electron chi connectivity index (χ3n) is 3.19. The molecule has 0 unspecified atom stereocenters. The van der Waals surface area contributed by atoms with Crippen LogP contribution in [-0.2, 0) is 9.53 Å². The first-order valence-corrected chi connectivity index (χ1v) is 6.63.